The number of carbonyl (C=O) groups excluding carboxylic acids is 1. The van der Waals surface area contributed by atoms with Crippen molar-refractivity contribution in [3.63, 3.8) is 0 Å². The van der Waals surface area contributed by atoms with Gasteiger partial charge in [0.15, 0.2) is 5.58 Å². The second-order valence-electron chi connectivity index (χ2n) is 3.90. The maximum atomic E-state index is 11.4. The Morgan fingerprint density at radius 2 is 1.78 bits per heavy atom. The Morgan fingerprint density at radius 3 is 2.56 bits per heavy atom. The van der Waals surface area contributed by atoms with Gasteiger partial charge in [-0.25, -0.2) is 4.98 Å². The fourth-order valence-electron chi connectivity index (χ4n) is 1.87. The number of aromatic nitrogens is 1. The molecule has 2 aromatic carbocycles. The number of para-hydroxylation sites is 2. The molecule has 0 spiro atoms. The molecule has 0 radical (unpaired) electrons. The fourth-order valence-corrected chi connectivity index (χ4v) is 1.87. The topological polar surface area (TPSA) is 69.1 Å². The standard InChI is InChI=1S/C14H10N2O2/c15-13(17)9-5-1-2-6-10(9)14-16-11-7-3-4-8-12(11)18-14/h1-8H,(H2,15,17). The summed E-state index contributed by atoms with van der Waals surface area (Å²) in [5, 5.41) is 0. The molecule has 3 rings (SSSR count). The highest BCUT2D eigenvalue weighted by molar-refractivity contribution is 5.99. The number of carbonyl (C=O) groups is 1. The molecule has 0 aliphatic carbocycles. The minimum Gasteiger partial charge on any atom is -0.436 e. The van der Waals surface area contributed by atoms with Crippen LogP contribution in [0.2, 0.25) is 0 Å². The quantitative estimate of drug-likeness (QED) is 0.746. The zero-order valence-electron chi connectivity index (χ0n) is 9.46. The van der Waals surface area contributed by atoms with Crippen molar-refractivity contribution < 1.29 is 9.21 Å². The lowest BCUT2D eigenvalue weighted by Gasteiger charge is -2.01. The average molecular weight is 238 g/mol. The number of primary amides is 1. The summed E-state index contributed by atoms with van der Waals surface area (Å²) in [6.45, 7) is 0. The molecule has 4 heteroatoms. The van der Waals surface area contributed by atoms with Gasteiger partial charge < -0.3 is 10.2 Å². The molecule has 0 saturated carbocycles. The van der Waals surface area contributed by atoms with Crippen molar-refractivity contribution in [1.29, 1.82) is 0 Å². The van der Waals surface area contributed by atoms with Gasteiger partial charge in [-0.15, -0.1) is 0 Å². The molecule has 1 amide bonds. The molecule has 0 unspecified atom stereocenters. The molecular weight excluding hydrogens is 228 g/mol. The van der Waals surface area contributed by atoms with Gasteiger partial charge in [-0.2, -0.15) is 0 Å². The smallest absolute Gasteiger partial charge is 0.249 e. The SMILES string of the molecule is NC(=O)c1ccccc1-c1nc2ccccc2o1. The first-order chi connectivity index (χ1) is 8.75. The Labute approximate surface area is 103 Å². The number of oxazole rings is 1. The van der Waals surface area contributed by atoms with Crippen molar-refractivity contribution in [3.05, 3.63) is 54.1 Å². The number of benzene rings is 2. The molecule has 0 aliphatic rings. The van der Waals surface area contributed by atoms with Gasteiger partial charge in [-0.1, -0.05) is 24.3 Å². The molecule has 3 aromatic rings. The lowest BCUT2D eigenvalue weighted by Crippen LogP contribution is -2.12. The highest BCUT2D eigenvalue weighted by Gasteiger charge is 2.14. The van der Waals surface area contributed by atoms with Crippen LogP contribution in [0.15, 0.2) is 52.9 Å². The largest absolute Gasteiger partial charge is 0.436 e. The second kappa shape index (κ2) is 4.00. The lowest BCUT2D eigenvalue weighted by atomic mass is 10.1. The van der Waals surface area contributed by atoms with Gasteiger partial charge in [0.25, 0.3) is 0 Å². The van der Waals surface area contributed by atoms with E-state index < -0.39 is 5.91 Å². The van der Waals surface area contributed by atoms with Gasteiger partial charge in [0, 0.05) is 5.56 Å². The van der Waals surface area contributed by atoms with Gasteiger partial charge in [0.05, 0.1) is 5.56 Å². The first-order valence-electron chi connectivity index (χ1n) is 5.50. The predicted octanol–water partition coefficient (Wildman–Crippen LogP) is 2.59. The highest BCUT2D eigenvalue weighted by atomic mass is 16.3. The van der Waals surface area contributed by atoms with Crippen molar-refractivity contribution >= 4 is 17.0 Å². The van der Waals surface area contributed by atoms with E-state index in [4.69, 9.17) is 10.2 Å². The molecule has 0 aliphatic heterocycles. The predicted molar refractivity (Wildman–Crippen MR) is 68.0 cm³/mol. The van der Waals surface area contributed by atoms with E-state index in [0.29, 0.717) is 22.6 Å². The van der Waals surface area contributed by atoms with Crippen LogP contribution in [0.25, 0.3) is 22.6 Å². The van der Waals surface area contributed by atoms with E-state index in [1.165, 1.54) is 0 Å². The Balaban J connectivity index is 2.23. The van der Waals surface area contributed by atoms with Crippen LogP contribution in [0.3, 0.4) is 0 Å². The summed E-state index contributed by atoms with van der Waals surface area (Å²) in [5.74, 6) is -0.0848. The minimum atomic E-state index is -0.493. The molecule has 18 heavy (non-hydrogen) atoms. The van der Waals surface area contributed by atoms with Crippen LogP contribution in [0.4, 0.5) is 0 Å². The Hall–Kier alpha value is -2.62. The van der Waals surface area contributed by atoms with E-state index in [2.05, 4.69) is 4.98 Å². The number of nitrogens with zero attached hydrogens (tertiary/aromatic N) is 1. The van der Waals surface area contributed by atoms with Crippen molar-refractivity contribution in [2.24, 2.45) is 5.73 Å². The van der Waals surface area contributed by atoms with Crippen LogP contribution >= 0.6 is 0 Å². The minimum absolute atomic E-state index is 0.407. The Kier molecular flexibility index (Phi) is 2.34. The molecule has 0 bridgehead atoms. The summed E-state index contributed by atoms with van der Waals surface area (Å²) in [7, 11) is 0. The van der Waals surface area contributed by atoms with E-state index in [0.717, 1.165) is 5.52 Å². The van der Waals surface area contributed by atoms with Crippen molar-refractivity contribution in [2.75, 3.05) is 0 Å². The van der Waals surface area contributed by atoms with Crippen LogP contribution in [0.5, 0.6) is 0 Å². The summed E-state index contributed by atoms with van der Waals surface area (Å²) >= 11 is 0. The number of amides is 1. The van der Waals surface area contributed by atoms with E-state index in [-0.39, 0.29) is 0 Å². The normalized spacial score (nSPS) is 10.7. The number of hydrogen-bond acceptors (Lipinski definition) is 3. The third-order valence-corrected chi connectivity index (χ3v) is 2.72. The van der Waals surface area contributed by atoms with Crippen LogP contribution in [-0.4, -0.2) is 10.9 Å². The fraction of sp³-hybridized carbons (Fsp3) is 0. The summed E-state index contributed by atoms with van der Waals surface area (Å²) in [4.78, 5) is 15.7. The van der Waals surface area contributed by atoms with Crippen LogP contribution in [0.1, 0.15) is 10.4 Å². The summed E-state index contributed by atoms with van der Waals surface area (Å²) in [6.07, 6.45) is 0. The maximum absolute atomic E-state index is 11.4. The number of nitrogens with two attached hydrogens (primary N) is 1. The van der Waals surface area contributed by atoms with E-state index >= 15 is 0 Å². The average Bonchev–Trinajstić information content (AvgIpc) is 2.82. The molecule has 88 valence electrons. The lowest BCUT2D eigenvalue weighted by molar-refractivity contribution is 0.100. The molecule has 0 fully saturated rings. The molecular formula is C14H10N2O2. The molecule has 1 heterocycles. The zero-order valence-corrected chi connectivity index (χ0v) is 9.46. The third kappa shape index (κ3) is 1.64. The maximum Gasteiger partial charge on any atom is 0.249 e. The van der Waals surface area contributed by atoms with Gasteiger partial charge in [-0.3, -0.25) is 4.79 Å². The number of fused-ring (bicyclic) bond motifs is 1. The molecule has 2 N–H and O–H groups in total. The van der Waals surface area contributed by atoms with Crippen molar-refractivity contribution in [1.82, 2.24) is 4.98 Å². The number of rotatable bonds is 2. The Morgan fingerprint density at radius 1 is 1.06 bits per heavy atom. The van der Waals surface area contributed by atoms with E-state index in [9.17, 15) is 4.79 Å². The van der Waals surface area contributed by atoms with Crippen LogP contribution in [-0.2, 0) is 0 Å². The van der Waals surface area contributed by atoms with Crippen molar-refractivity contribution in [3.8, 4) is 11.5 Å². The molecule has 4 nitrogen and oxygen atoms in total. The van der Waals surface area contributed by atoms with Gasteiger partial charge in [-0.05, 0) is 24.3 Å². The Bertz CT molecular complexity index is 698. The summed E-state index contributed by atoms with van der Waals surface area (Å²) in [5.41, 5.74) is 7.80. The van der Waals surface area contributed by atoms with Gasteiger partial charge in [0.1, 0.15) is 5.52 Å². The number of hydrogen-bond donors (Lipinski definition) is 1. The summed E-state index contributed by atoms with van der Waals surface area (Å²) < 4.78 is 5.63. The van der Waals surface area contributed by atoms with Gasteiger partial charge >= 0.3 is 0 Å². The van der Waals surface area contributed by atoms with E-state index in [1.807, 2.05) is 30.3 Å². The van der Waals surface area contributed by atoms with Crippen LogP contribution in [0, 0.1) is 0 Å². The third-order valence-electron chi connectivity index (χ3n) is 2.72. The monoisotopic (exact) mass is 238 g/mol. The van der Waals surface area contributed by atoms with E-state index in [1.54, 1.807) is 18.2 Å². The second-order valence-corrected chi connectivity index (χ2v) is 3.90. The summed E-state index contributed by atoms with van der Waals surface area (Å²) in [6, 6.07) is 14.4. The molecule has 1 aromatic heterocycles. The first-order valence-corrected chi connectivity index (χ1v) is 5.50. The van der Waals surface area contributed by atoms with Gasteiger partial charge in [0.2, 0.25) is 11.8 Å². The van der Waals surface area contributed by atoms with Crippen molar-refractivity contribution in [2.45, 2.75) is 0 Å². The highest BCUT2D eigenvalue weighted by Crippen LogP contribution is 2.26. The molecule has 0 atom stereocenters. The zero-order chi connectivity index (χ0) is 12.5. The molecule has 0 saturated heterocycles. The van der Waals surface area contributed by atoms with Crippen LogP contribution < -0.4 is 5.73 Å². The first kappa shape index (κ1) is 10.5.